The third-order valence-corrected chi connectivity index (χ3v) is 19.8. The number of nitrogens with zero attached hydrogens (tertiary/aromatic N) is 7. The summed E-state index contributed by atoms with van der Waals surface area (Å²) in [6.45, 7) is 30.1. The molecule has 8 aromatic carbocycles. The molecule has 1 spiro atoms. The fraction of sp³-hybridized carbons (Fsp3) is 0.273. The smallest absolute Gasteiger partial charge is 0.476 e. The Morgan fingerprint density at radius 1 is 0.511 bits per heavy atom. The van der Waals surface area contributed by atoms with E-state index < -0.39 is 12.2 Å². The first kappa shape index (κ1) is 53.3. The molecule has 17 rings (SSSR count). The molecule has 3 atom stereocenters. The minimum absolute atomic E-state index is 0.133. The molecule has 4 bridgehead atoms. The molecule has 0 aliphatic carbocycles. The zero-order chi connectivity index (χ0) is 60.8. The summed E-state index contributed by atoms with van der Waals surface area (Å²) in [5, 5.41) is 1.61. The number of quaternary nitrogens is 1. The topological polar surface area (TPSA) is 44.1 Å². The van der Waals surface area contributed by atoms with Crippen LogP contribution in [0.15, 0.2) is 164 Å². The Bertz CT molecular complexity index is 5090. The summed E-state index contributed by atoms with van der Waals surface area (Å²) in [5.41, 5.74) is 20.6. The van der Waals surface area contributed by atoms with Gasteiger partial charge in [-0.2, -0.15) is 9.13 Å². The first-order valence-corrected chi connectivity index (χ1v) is 31.2. The lowest BCUT2D eigenvalue weighted by molar-refractivity contribution is -1.10. The number of fused-ring (bicyclic) bond motifs is 15. The van der Waals surface area contributed by atoms with Gasteiger partial charge in [0.25, 0.3) is 11.3 Å². The lowest BCUT2D eigenvalue weighted by atomic mass is 9.80. The number of hydrogen-bond donors (Lipinski definition) is 0. The summed E-state index contributed by atoms with van der Waals surface area (Å²) < 4.78 is 56.4. The van der Waals surface area contributed by atoms with Gasteiger partial charge in [0.2, 0.25) is 16.1 Å². The third-order valence-electron chi connectivity index (χ3n) is 19.8. The first-order valence-electron chi connectivity index (χ1n) is 31.2. The molecule has 3 unspecified atom stereocenters. The summed E-state index contributed by atoms with van der Waals surface area (Å²) in [4.78, 5) is 7.70. The average molecular weight is 1170 g/mol. The molecule has 9 heterocycles. The van der Waals surface area contributed by atoms with Crippen molar-refractivity contribution in [3.63, 3.8) is 0 Å². The number of hydrogen-bond acceptors (Lipinski definition) is 2. The van der Waals surface area contributed by atoms with E-state index in [2.05, 4.69) is 257 Å². The molecule has 436 valence electrons. The number of imidazole rings is 2. The molecule has 12 aromatic rings. The van der Waals surface area contributed by atoms with Gasteiger partial charge in [0.1, 0.15) is 44.6 Å². The van der Waals surface area contributed by atoms with Gasteiger partial charge in [0.05, 0.1) is 29.1 Å². The van der Waals surface area contributed by atoms with Gasteiger partial charge in [0.15, 0.2) is 28.8 Å². The SMILES string of the molecule is CC1O[N+]23c4c(cc(F)cc4-c4cc5c6cc(F)cc7c6cc([n+]5c[n+]42)C2CC[n+]4c(n(-c5cc(C(C)(C)C)cc(C(C)(C)C)c5)c5cccc-7c54)-c4ccccc4O2)-c2cccc4c2[n+]3c(n4-c2cc(C(C)(C)C)cc(C(C)(C)C)c2)-c2ccccc21. The summed E-state index contributed by atoms with van der Waals surface area (Å²) in [7, 11) is 0. The number of rotatable bonds is 2. The van der Waals surface area contributed by atoms with E-state index in [1.54, 1.807) is 24.3 Å². The predicted molar refractivity (Wildman–Crippen MR) is 343 cm³/mol. The fourth-order valence-electron chi connectivity index (χ4n) is 15.3. The maximum atomic E-state index is 17.4. The van der Waals surface area contributed by atoms with Crippen molar-refractivity contribution in [2.24, 2.45) is 0 Å². The Labute approximate surface area is 511 Å². The Morgan fingerprint density at radius 3 is 1.70 bits per heavy atom. The van der Waals surface area contributed by atoms with Crippen molar-refractivity contribution in [1.82, 2.24) is 14.0 Å². The number of ether oxygens (including phenoxy) is 1. The molecule has 0 N–H and O–H groups in total. The van der Waals surface area contributed by atoms with Gasteiger partial charge in [0, 0.05) is 39.2 Å². The van der Waals surface area contributed by atoms with E-state index in [9.17, 15) is 0 Å². The second kappa shape index (κ2) is 17.5. The van der Waals surface area contributed by atoms with Crippen LogP contribution in [0.3, 0.4) is 0 Å². The van der Waals surface area contributed by atoms with Crippen molar-refractivity contribution in [2.45, 2.75) is 137 Å². The van der Waals surface area contributed by atoms with Crippen molar-refractivity contribution in [3.05, 3.63) is 209 Å². The lowest BCUT2D eigenvalue weighted by Gasteiger charge is -2.26. The summed E-state index contributed by atoms with van der Waals surface area (Å²) in [5.74, 6) is 1.98. The first-order chi connectivity index (χ1) is 41.9. The maximum Gasteiger partial charge on any atom is 0.476 e. The number of aryl methyl sites for hydroxylation is 1. The Kier molecular flexibility index (Phi) is 10.6. The van der Waals surface area contributed by atoms with Crippen LogP contribution in [0.25, 0.3) is 106 Å². The quantitative estimate of drug-likeness (QED) is 0.0984. The highest BCUT2D eigenvalue weighted by molar-refractivity contribution is 6.08. The monoisotopic (exact) mass is 1160 g/mol. The molecule has 5 aliphatic heterocycles. The molecule has 5 aliphatic rings. The zero-order valence-corrected chi connectivity index (χ0v) is 52.4. The molecule has 4 aromatic heterocycles. The van der Waals surface area contributed by atoms with Crippen molar-refractivity contribution < 1.29 is 36.7 Å². The molecular formula is C77H72F2N7O2+5. The average Bonchev–Trinajstić information content (AvgIpc) is 1.48. The molecule has 0 fully saturated rings. The highest BCUT2D eigenvalue weighted by Gasteiger charge is 2.71. The highest BCUT2D eigenvalue weighted by Crippen LogP contribution is 2.54. The Morgan fingerprint density at radius 2 is 1.06 bits per heavy atom. The van der Waals surface area contributed by atoms with Crippen molar-refractivity contribution in [3.8, 4) is 73.4 Å². The van der Waals surface area contributed by atoms with Crippen molar-refractivity contribution in [1.29, 1.82) is 0 Å². The van der Waals surface area contributed by atoms with Crippen LogP contribution in [0, 0.1) is 11.6 Å². The largest absolute Gasteiger partial charge is 0.478 e. The highest BCUT2D eigenvalue weighted by atomic mass is 19.1. The number of para-hydroxylation sites is 3. The lowest BCUT2D eigenvalue weighted by Crippen LogP contribution is -2.86. The minimum atomic E-state index is -0.508. The van der Waals surface area contributed by atoms with E-state index >= 15 is 8.78 Å². The Hall–Kier alpha value is -8.90. The van der Waals surface area contributed by atoms with E-state index in [-0.39, 0.29) is 38.2 Å². The number of benzene rings is 8. The minimum Gasteiger partial charge on any atom is -0.478 e. The van der Waals surface area contributed by atoms with Crippen LogP contribution in [-0.2, 0) is 33.0 Å². The molecule has 9 nitrogen and oxygen atoms in total. The number of halogens is 2. The summed E-state index contributed by atoms with van der Waals surface area (Å²) in [6, 6.07) is 55.3. The Balaban J connectivity index is 0.997. The van der Waals surface area contributed by atoms with Gasteiger partial charge in [-0.1, -0.05) is 147 Å². The number of aromatic nitrogens is 6. The van der Waals surface area contributed by atoms with E-state index in [0.717, 1.165) is 123 Å². The third kappa shape index (κ3) is 7.20. The van der Waals surface area contributed by atoms with Gasteiger partial charge in [-0.25, -0.2) is 13.3 Å². The molecule has 0 saturated carbocycles. The fourth-order valence-corrected chi connectivity index (χ4v) is 15.3. The molecule has 88 heavy (non-hydrogen) atoms. The van der Waals surface area contributed by atoms with Gasteiger partial charge >= 0.3 is 23.5 Å². The van der Waals surface area contributed by atoms with E-state index in [4.69, 9.17) is 9.57 Å². The van der Waals surface area contributed by atoms with Crippen LogP contribution in [0.4, 0.5) is 14.5 Å². The number of pyridine rings is 1. The van der Waals surface area contributed by atoms with Gasteiger partial charge < -0.3 is 4.74 Å². The van der Waals surface area contributed by atoms with Gasteiger partial charge in [-0.05, 0) is 147 Å². The molecular weight excluding hydrogens is 1090 g/mol. The molecule has 0 saturated heterocycles. The van der Waals surface area contributed by atoms with Crippen LogP contribution in [0.2, 0.25) is 0 Å². The normalized spacial score (nSPS) is 17.9. The zero-order valence-electron chi connectivity index (χ0n) is 52.4. The van der Waals surface area contributed by atoms with Gasteiger partial charge in [-0.3, -0.25) is 0 Å². The van der Waals surface area contributed by atoms with E-state index in [1.807, 2.05) is 0 Å². The maximum absolute atomic E-state index is 17.4. The van der Waals surface area contributed by atoms with Crippen LogP contribution >= 0.6 is 0 Å². The predicted octanol–water partition coefficient (Wildman–Crippen LogP) is 16.8. The molecule has 0 amide bonds. The van der Waals surface area contributed by atoms with Gasteiger partial charge in [-0.15, -0.1) is 0 Å². The summed E-state index contributed by atoms with van der Waals surface area (Å²) >= 11 is 0. The molecule has 0 radical (unpaired) electrons. The van der Waals surface area contributed by atoms with Crippen LogP contribution < -0.4 is 27.9 Å². The van der Waals surface area contributed by atoms with Crippen LogP contribution in [0.5, 0.6) is 5.75 Å². The van der Waals surface area contributed by atoms with E-state index in [0.29, 0.717) is 18.5 Å². The second-order valence-electron chi connectivity index (χ2n) is 29.5. The summed E-state index contributed by atoms with van der Waals surface area (Å²) in [6.07, 6.45) is 1.74. The molecule has 11 heteroatoms. The van der Waals surface area contributed by atoms with E-state index in [1.165, 1.54) is 22.3 Å². The standard InChI is InChI=1S/C77H72F2N7O2/c1-43-52-20-14-15-21-55(52)73-84(51-34-46(76(8,9)10)31-47(35-51)77(11,12)13)63-26-19-24-54-60-38-49(79)39-61-65-41-64-59-37-48(78)36-57-53-23-18-25-62-69(53)80-29-28-68(66(40-58(57)59)81(64)42-82(65)86(88-43,71(60)61)85(73)70(54)63)87-67-27-17-16-22-56(67)72(80)83(62)50-32-44(74(2,3)4)30-45(33-50)75(5,6)7/h14-27,30-43,68H,28-29H2,1-13H3/q+5. The van der Waals surface area contributed by atoms with Crippen molar-refractivity contribution in [2.75, 3.05) is 0 Å². The van der Waals surface area contributed by atoms with Crippen molar-refractivity contribution >= 4 is 44.0 Å². The second-order valence-corrected chi connectivity index (χ2v) is 29.5. The van der Waals surface area contributed by atoms with Crippen LogP contribution in [0.1, 0.15) is 142 Å². The van der Waals surface area contributed by atoms with Crippen LogP contribution in [-0.4, -0.2) is 9.13 Å².